The maximum atomic E-state index is 12.9. The highest BCUT2D eigenvalue weighted by atomic mass is 32.2. The number of Topliss-reactive ketones (excluding diaryl/α,β-unsaturated/α-hetero) is 1. The van der Waals surface area contributed by atoms with Crippen LogP contribution in [-0.4, -0.2) is 35.9 Å². The summed E-state index contributed by atoms with van der Waals surface area (Å²) in [5, 5.41) is 0. The fraction of sp³-hybridized carbons (Fsp3) is 0.333. The van der Waals surface area contributed by atoms with Gasteiger partial charge in [-0.1, -0.05) is 42.5 Å². The third-order valence-corrected chi connectivity index (χ3v) is 5.52. The molecule has 1 aliphatic heterocycles. The van der Waals surface area contributed by atoms with Crippen LogP contribution in [0.3, 0.4) is 0 Å². The first kappa shape index (κ1) is 17.7. The Morgan fingerprint density at radius 1 is 1.08 bits per heavy atom. The molecule has 1 amide bonds. The number of carbonyl (C=O) groups is 2. The van der Waals surface area contributed by atoms with Crippen molar-refractivity contribution in [2.45, 2.75) is 24.2 Å². The molecule has 0 bridgehead atoms. The van der Waals surface area contributed by atoms with E-state index in [0.29, 0.717) is 13.0 Å². The van der Waals surface area contributed by atoms with Crippen molar-refractivity contribution < 1.29 is 9.59 Å². The van der Waals surface area contributed by atoms with Crippen LogP contribution in [0.25, 0.3) is 0 Å². The fourth-order valence-corrected chi connectivity index (χ4v) is 3.95. The van der Waals surface area contributed by atoms with Crippen LogP contribution >= 0.6 is 11.8 Å². The van der Waals surface area contributed by atoms with Crippen molar-refractivity contribution in [3.8, 4) is 0 Å². The molecule has 0 aromatic heterocycles. The zero-order valence-electron chi connectivity index (χ0n) is 14.5. The highest BCUT2D eigenvalue weighted by Crippen LogP contribution is 2.25. The van der Waals surface area contributed by atoms with Crippen LogP contribution in [0.15, 0.2) is 59.5 Å². The van der Waals surface area contributed by atoms with Gasteiger partial charge in [-0.05, 0) is 36.8 Å². The van der Waals surface area contributed by atoms with E-state index in [1.165, 1.54) is 0 Å². The maximum Gasteiger partial charge on any atom is 0.255 e. The summed E-state index contributed by atoms with van der Waals surface area (Å²) in [6, 6.07) is 17.5. The number of rotatable bonds is 5. The van der Waals surface area contributed by atoms with E-state index >= 15 is 0 Å². The lowest BCUT2D eigenvalue weighted by atomic mass is 9.90. The number of piperidine rings is 1. The van der Waals surface area contributed by atoms with E-state index in [-0.39, 0.29) is 17.6 Å². The lowest BCUT2D eigenvalue weighted by Gasteiger charge is -2.32. The predicted molar refractivity (Wildman–Crippen MR) is 102 cm³/mol. The van der Waals surface area contributed by atoms with Crippen molar-refractivity contribution in [3.63, 3.8) is 0 Å². The first-order valence-corrected chi connectivity index (χ1v) is 9.90. The smallest absolute Gasteiger partial charge is 0.255 e. The molecule has 1 unspecified atom stereocenters. The zero-order chi connectivity index (χ0) is 17.6. The van der Waals surface area contributed by atoms with Gasteiger partial charge in [-0.3, -0.25) is 9.59 Å². The fourth-order valence-electron chi connectivity index (χ4n) is 3.36. The van der Waals surface area contributed by atoms with E-state index in [1.54, 1.807) is 11.8 Å². The minimum atomic E-state index is -0.0562. The van der Waals surface area contributed by atoms with Gasteiger partial charge in [-0.25, -0.2) is 0 Å². The predicted octanol–water partition coefficient (Wildman–Crippen LogP) is 4.07. The quantitative estimate of drug-likeness (QED) is 0.760. The van der Waals surface area contributed by atoms with Gasteiger partial charge in [0.1, 0.15) is 5.78 Å². The molecule has 0 aliphatic carbocycles. The van der Waals surface area contributed by atoms with Crippen LogP contribution in [0.4, 0.5) is 0 Å². The van der Waals surface area contributed by atoms with Gasteiger partial charge in [0.15, 0.2) is 0 Å². The third-order valence-electron chi connectivity index (χ3n) is 4.72. The van der Waals surface area contributed by atoms with E-state index < -0.39 is 0 Å². The number of ketones is 1. The average molecular weight is 353 g/mol. The number of benzene rings is 2. The van der Waals surface area contributed by atoms with Crippen molar-refractivity contribution in [3.05, 3.63) is 65.7 Å². The topological polar surface area (TPSA) is 37.4 Å². The summed E-state index contributed by atoms with van der Waals surface area (Å²) >= 11 is 1.58. The standard InChI is InChI=1S/C21H23NO2S/c1-25-20-12-6-5-11-18(20)21(24)22-13-7-10-17(15-22)19(23)14-16-8-3-2-4-9-16/h2-6,8-9,11-12,17H,7,10,13-15H2,1H3. The molecule has 0 spiro atoms. The molecule has 0 saturated carbocycles. The third kappa shape index (κ3) is 4.31. The first-order valence-electron chi connectivity index (χ1n) is 8.68. The van der Waals surface area contributed by atoms with Crippen LogP contribution < -0.4 is 0 Å². The van der Waals surface area contributed by atoms with Crippen LogP contribution in [0, 0.1) is 5.92 Å². The molecule has 2 aromatic carbocycles. The minimum absolute atomic E-state index is 0.0437. The summed E-state index contributed by atoms with van der Waals surface area (Å²) in [7, 11) is 0. The Morgan fingerprint density at radius 2 is 1.80 bits per heavy atom. The van der Waals surface area contributed by atoms with Gasteiger partial charge in [0.25, 0.3) is 5.91 Å². The second kappa shape index (κ2) is 8.34. The van der Waals surface area contributed by atoms with Crippen molar-refractivity contribution in [1.82, 2.24) is 4.90 Å². The van der Waals surface area contributed by atoms with Crippen LogP contribution in [0.5, 0.6) is 0 Å². The van der Waals surface area contributed by atoms with Crippen molar-refractivity contribution in [2.75, 3.05) is 19.3 Å². The van der Waals surface area contributed by atoms with E-state index in [2.05, 4.69) is 0 Å². The normalized spacial score (nSPS) is 17.3. The molecule has 0 N–H and O–H groups in total. The second-order valence-electron chi connectivity index (χ2n) is 6.42. The van der Waals surface area contributed by atoms with E-state index in [0.717, 1.165) is 35.4 Å². The molecule has 1 fully saturated rings. The molecule has 3 nitrogen and oxygen atoms in total. The molecule has 1 saturated heterocycles. The number of nitrogens with zero attached hydrogens (tertiary/aromatic N) is 1. The Labute approximate surface area is 153 Å². The number of amides is 1. The summed E-state index contributed by atoms with van der Waals surface area (Å²) in [6.07, 6.45) is 4.20. The Morgan fingerprint density at radius 3 is 2.56 bits per heavy atom. The lowest BCUT2D eigenvalue weighted by Crippen LogP contribution is -2.42. The lowest BCUT2D eigenvalue weighted by molar-refractivity contribution is -0.123. The monoisotopic (exact) mass is 353 g/mol. The number of carbonyl (C=O) groups excluding carboxylic acids is 2. The molecule has 1 atom stereocenters. The molecule has 4 heteroatoms. The van der Waals surface area contributed by atoms with Crippen LogP contribution in [-0.2, 0) is 11.2 Å². The number of likely N-dealkylation sites (tertiary alicyclic amines) is 1. The zero-order valence-corrected chi connectivity index (χ0v) is 15.3. The number of hydrogen-bond donors (Lipinski definition) is 0. The van der Waals surface area contributed by atoms with Crippen LogP contribution in [0.2, 0.25) is 0 Å². The number of hydrogen-bond acceptors (Lipinski definition) is 3. The van der Waals surface area contributed by atoms with Gasteiger partial charge >= 0.3 is 0 Å². The molecule has 1 aliphatic rings. The summed E-state index contributed by atoms with van der Waals surface area (Å²) in [5.41, 5.74) is 1.79. The Hall–Kier alpha value is -2.07. The van der Waals surface area contributed by atoms with Crippen molar-refractivity contribution in [1.29, 1.82) is 0 Å². The summed E-state index contributed by atoms with van der Waals surface area (Å²) in [5.74, 6) is 0.225. The summed E-state index contributed by atoms with van der Waals surface area (Å²) in [6.45, 7) is 1.27. The van der Waals surface area contributed by atoms with E-state index in [1.807, 2.05) is 65.8 Å². The Bertz CT molecular complexity index is 745. The van der Waals surface area contributed by atoms with Gasteiger partial charge < -0.3 is 4.90 Å². The van der Waals surface area contributed by atoms with Gasteiger partial charge in [0, 0.05) is 30.3 Å². The number of thioether (sulfide) groups is 1. The van der Waals surface area contributed by atoms with Gasteiger partial charge in [-0.2, -0.15) is 0 Å². The summed E-state index contributed by atoms with van der Waals surface area (Å²) in [4.78, 5) is 28.4. The molecule has 1 heterocycles. The average Bonchev–Trinajstić information content (AvgIpc) is 2.68. The molecular formula is C21H23NO2S. The minimum Gasteiger partial charge on any atom is -0.338 e. The molecule has 2 aromatic rings. The highest BCUT2D eigenvalue weighted by Gasteiger charge is 2.29. The molecule has 130 valence electrons. The van der Waals surface area contributed by atoms with Crippen molar-refractivity contribution >= 4 is 23.5 Å². The van der Waals surface area contributed by atoms with Gasteiger partial charge in [-0.15, -0.1) is 11.8 Å². The largest absolute Gasteiger partial charge is 0.338 e. The highest BCUT2D eigenvalue weighted by molar-refractivity contribution is 7.98. The SMILES string of the molecule is CSc1ccccc1C(=O)N1CCCC(C(=O)Cc2ccccc2)C1. The maximum absolute atomic E-state index is 12.9. The molecule has 25 heavy (non-hydrogen) atoms. The van der Waals surface area contributed by atoms with E-state index in [4.69, 9.17) is 0 Å². The van der Waals surface area contributed by atoms with Gasteiger partial charge in [0.05, 0.1) is 5.56 Å². The molecule has 0 radical (unpaired) electrons. The first-order chi connectivity index (χ1) is 12.2. The molecule has 3 rings (SSSR count). The van der Waals surface area contributed by atoms with Crippen molar-refractivity contribution in [2.24, 2.45) is 5.92 Å². The molecular weight excluding hydrogens is 330 g/mol. The summed E-state index contributed by atoms with van der Waals surface area (Å²) < 4.78 is 0. The Balaban J connectivity index is 1.68. The Kier molecular flexibility index (Phi) is 5.92. The second-order valence-corrected chi connectivity index (χ2v) is 7.27. The van der Waals surface area contributed by atoms with Gasteiger partial charge in [0.2, 0.25) is 0 Å². The van der Waals surface area contributed by atoms with Crippen LogP contribution in [0.1, 0.15) is 28.8 Å². The van der Waals surface area contributed by atoms with E-state index in [9.17, 15) is 9.59 Å².